The number of benzene rings is 3. The van der Waals surface area contributed by atoms with Crippen molar-refractivity contribution >= 4 is 28.1 Å². The van der Waals surface area contributed by atoms with Crippen LogP contribution in [-0.2, 0) is 0 Å². The summed E-state index contributed by atoms with van der Waals surface area (Å²) in [6, 6.07) is 22.1. The lowest BCUT2D eigenvalue weighted by atomic mass is 9.96. The molecule has 0 aliphatic carbocycles. The molecule has 0 spiro atoms. The van der Waals surface area contributed by atoms with Crippen LogP contribution < -0.4 is 0 Å². The first-order chi connectivity index (χ1) is 10.4. The average Bonchev–Trinajstić information content (AvgIpc) is 2.93. The Morgan fingerprint density at radius 1 is 0.714 bits per heavy atom. The molecule has 0 bridgehead atoms. The summed E-state index contributed by atoms with van der Waals surface area (Å²) in [5.41, 5.74) is 4.99. The Bertz CT molecular complexity index is 966. The highest BCUT2D eigenvalue weighted by Gasteiger charge is 2.11. The van der Waals surface area contributed by atoms with Gasteiger partial charge in [-0.15, -0.1) is 0 Å². The molecule has 4 aromatic rings. The van der Waals surface area contributed by atoms with Crippen molar-refractivity contribution in [1.82, 2.24) is 4.98 Å². The van der Waals surface area contributed by atoms with E-state index in [2.05, 4.69) is 29.2 Å². The minimum Gasteiger partial charge on any atom is -0.354 e. The van der Waals surface area contributed by atoms with Gasteiger partial charge in [-0.25, -0.2) is 0 Å². The third kappa shape index (κ3) is 1.77. The Hall–Kier alpha value is -2.87. The summed E-state index contributed by atoms with van der Waals surface area (Å²) in [4.78, 5) is 14.8. The second-order valence-electron chi connectivity index (χ2n) is 5.10. The first kappa shape index (κ1) is 11.9. The molecule has 0 saturated carbocycles. The number of carbonyl (C=O) groups excluding carboxylic acids is 1. The van der Waals surface area contributed by atoms with Gasteiger partial charge in [0.25, 0.3) is 0 Å². The van der Waals surface area contributed by atoms with Gasteiger partial charge in [0.1, 0.15) is 0 Å². The second-order valence-corrected chi connectivity index (χ2v) is 5.10. The van der Waals surface area contributed by atoms with E-state index in [9.17, 15) is 4.79 Å². The maximum Gasteiger partial charge on any atom is 0.150 e. The molecule has 0 fully saturated rings. The molecule has 0 atom stereocenters. The number of hydrogen-bond acceptors (Lipinski definition) is 1. The van der Waals surface area contributed by atoms with E-state index >= 15 is 0 Å². The molecule has 0 aliphatic rings. The van der Waals surface area contributed by atoms with Crippen LogP contribution in [-0.4, -0.2) is 11.3 Å². The standard InChI is InChI=1S/C19H13NO/c21-12-13-6-1-2-7-14(13)15-9-5-11-18-19(15)16-8-3-4-10-17(16)20-18/h1-12,20H. The van der Waals surface area contributed by atoms with E-state index in [1.54, 1.807) is 0 Å². The van der Waals surface area contributed by atoms with Gasteiger partial charge in [-0.2, -0.15) is 0 Å². The smallest absolute Gasteiger partial charge is 0.150 e. The molecule has 100 valence electrons. The van der Waals surface area contributed by atoms with Gasteiger partial charge in [-0.05, 0) is 23.3 Å². The fraction of sp³-hybridized carbons (Fsp3) is 0. The van der Waals surface area contributed by atoms with Crippen LogP contribution in [0.2, 0.25) is 0 Å². The summed E-state index contributed by atoms with van der Waals surface area (Å²) < 4.78 is 0. The molecule has 2 nitrogen and oxygen atoms in total. The predicted octanol–water partition coefficient (Wildman–Crippen LogP) is 4.80. The zero-order valence-corrected chi connectivity index (χ0v) is 11.3. The van der Waals surface area contributed by atoms with E-state index in [4.69, 9.17) is 0 Å². The number of hydrogen-bond donors (Lipinski definition) is 1. The first-order valence-electron chi connectivity index (χ1n) is 6.92. The van der Waals surface area contributed by atoms with Gasteiger partial charge >= 0.3 is 0 Å². The molecule has 0 radical (unpaired) electrons. The van der Waals surface area contributed by atoms with E-state index in [1.807, 2.05) is 42.5 Å². The fourth-order valence-corrected chi connectivity index (χ4v) is 2.97. The molecule has 0 aliphatic heterocycles. The minimum atomic E-state index is 0.718. The Morgan fingerprint density at radius 3 is 2.33 bits per heavy atom. The Morgan fingerprint density at radius 2 is 1.43 bits per heavy atom. The van der Waals surface area contributed by atoms with Crippen LogP contribution in [0.4, 0.5) is 0 Å². The Labute approximate surface area is 122 Å². The van der Waals surface area contributed by atoms with Gasteiger partial charge in [0.2, 0.25) is 0 Å². The number of carbonyl (C=O) groups is 1. The lowest BCUT2D eigenvalue weighted by Crippen LogP contribution is -1.87. The minimum absolute atomic E-state index is 0.718. The van der Waals surface area contributed by atoms with Crippen LogP contribution in [0.25, 0.3) is 32.9 Å². The maximum absolute atomic E-state index is 11.3. The molecule has 3 aromatic carbocycles. The van der Waals surface area contributed by atoms with Crippen LogP contribution in [0, 0.1) is 0 Å². The predicted molar refractivity (Wildman–Crippen MR) is 86.6 cm³/mol. The molecule has 1 heterocycles. The lowest BCUT2D eigenvalue weighted by molar-refractivity contribution is 0.112. The number of fused-ring (bicyclic) bond motifs is 3. The zero-order valence-electron chi connectivity index (χ0n) is 11.3. The molecule has 0 amide bonds. The summed E-state index contributed by atoms with van der Waals surface area (Å²) in [5, 5.41) is 2.35. The van der Waals surface area contributed by atoms with Crippen LogP contribution in [0.5, 0.6) is 0 Å². The van der Waals surface area contributed by atoms with Gasteiger partial charge in [-0.1, -0.05) is 54.6 Å². The molecular weight excluding hydrogens is 258 g/mol. The summed E-state index contributed by atoms with van der Waals surface area (Å²) in [6.45, 7) is 0. The monoisotopic (exact) mass is 271 g/mol. The summed E-state index contributed by atoms with van der Waals surface area (Å²) in [7, 11) is 0. The normalized spacial score (nSPS) is 11.0. The van der Waals surface area contributed by atoms with Crippen molar-refractivity contribution in [1.29, 1.82) is 0 Å². The van der Waals surface area contributed by atoms with E-state index in [1.165, 1.54) is 10.8 Å². The van der Waals surface area contributed by atoms with E-state index in [0.717, 1.165) is 34.0 Å². The van der Waals surface area contributed by atoms with Gasteiger partial charge in [0, 0.05) is 27.4 Å². The van der Waals surface area contributed by atoms with E-state index in [0.29, 0.717) is 0 Å². The van der Waals surface area contributed by atoms with Crippen molar-refractivity contribution in [3.05, 3.63) is 72.3 Å². The van der Waals surface area contributed by atoms with Crippen LogP contribution in [0.1, 0.15) is 10.4 Å². The highest BCUT2D eigenvalue weighted by atomic mass is 16.1. The molecule has 1 aromatic heterocycles. The van der Waals surface area contributed by atoms with Crippen LogP contribution >= 0.6 is 0 Å². The first-order valence-corrected chi connectivity index (χ1v) is 6.92. The topological polar surface area (TPSA) is 32.9 Å². The SMILES string of the molecule is O=Cc1ccccc1-c1cccc2[nH]c3ccccc3c12. The highest BCUT2D eigenvalue weighted by Crippen LogP contribution is 2.35. The summed E-state index contributed by atoms with van der Waals surface area (Å²) in [5.74, 6) is 0. The van der Waals surface area contributed by atoms with Gasteiger partial charge in [0.05, 0.1) is 0 Å². The number of para-hydroxylation sites is 1. The Balaban J connectivity index is 2.16. The number of aromatic amines is 1. The van der Waals surface area contributed by atoms with Crippen molar-refractivity contribution in [3.8, 4) is 11.1 Å². The van der Waals surface area contributed by atoms with E-state index < -0.39 is 0 Å². The van der Waals surface area contributed by atoms with Crippen molar-refractivity contribution < 1.29 is 4.79 Å². The molecule has 2 heteroatoms. The van der Waals surface area contributed by atoms with Gasteiger partial charge in [0.15, 0.2) is 6.29 Å². The van der Waals surface area contributed by atoms with Crippen LogP contribution in [0.15, 0.2) is 66.7 Å². The third-order valence-corrected chi connectivity index (χ3v) is 3.91. The maximum atomic E-state index is 11.3. The molecule has 0 saturated heterocycles. The lowest BCUT2D eigenvalue weighted by Gasteiger charge is -2.07. The van der Waals surface area contributed by atoms with Crippen molar-refractivity contribution in [2.24, 2.45) is 0 Å². The molecule has 1 N–H and O–H groups in total. The van der Waals surface area contributed by atoms with Crippen molar-refractivity contribution in [2.45, 2.75) is 0 Å². The molecule has 0 unspecified atom stereocenters. The largest absolute Gasteiger partial charge is 0.354 e. The number of nitrogens with one attached hydrogen (secondary N) is 1. The Kier molecular flexibility index (Phi) is 2.61. The quantitative estimate of drug-likeness (QED) is 0.522. The number of aldehydes is 1. The number of rotatable bonds is 2. The van der Waals surface area contributed by atoms with E-state index in [-0.39, 0.29) is 0 Å². The molecule has 4 rings (SSSR count). The van der Waals surface area contributed by atoms with Crippen molar-refractivity contribution in [2.75, 3.05) is 0 Å². The highest BCUT2D eigenvalue weighted by molar-refractivity contribution is 6.15. The zero-order chi connectivity index (χ0) is 14.2. The molecule has 21 heavy (non-hydrogen) atoms. The fourth-order valence-electron chi connectivity index (χ4n) is 2.97. The number of H-pyrrole nitrogens is 1. The molecular formula is C19H13NO. The van der Waals surface area contributed by atoms with Gasteiger partial charge in [-0.3, -0.25) is 4.79 Å². The van der Waals surface area contributed by atoms with Crippen molar-refractivity contribution in [3.63, 3.8) is 0 Å². The summed E-state index contributed by atoms with van der Waals surface area (Å²) >= 11 is 0. The average molecular weight is 271 g/mol. The third-order valence-electron chi connectivity index (χ3n) is 3.91. The number of aromatic nitrogens is 1. The summed E-state index contributed by atoms with van der Waals surface area (Å²) in [6.07, 6.45) is 0.920. The van der Waals surface area contributed by atoms with Crippen LogP contribution in [0.3, 0.4) is 0 Å². The van der Waals surface area contributed by atoms with Gasteiger partial charge < -0.3 is 4.98 Å². The second kappa shape index (κ2) is 4.60.